The minimum Gasteiger partial charge on any atom is -0.494 e. The van der Waals surface area contributed by atoms with Crippen LogP contribution in [0.4, 0.5) is 5.69 Å². The minimum absolute atomic E-state index is 0.156. The number of rotatable bonds is 7. The number of thioether (sulfide) groups is 1. The van der Waals surface area contributed by atoms with Gasteiger partial charge in [-0.2, -0.15) is 0 Å². The van der Waals surface area contributed by atoms with Crippen molar-refractivity contribution in [2.75, 3.05) is 6.61 Å². The molecule has 0 spiro atoms. The molecule has 0 aromatic heterocycles. The number of benzene rings is 4. The van der Waals surface area contributed by atoms with Crippen molar-refractivity contribution >= 4 is 90.6 Å². The summed E-state index contributed by atoms with van der Waals surface area (Å²) in [6.07, 6.45) is 1.89. The number of amidine groups is 1. The lowest BCUT2D eigenvalue weighted by Crippen LogP contribution is -2.19. The van der Waals surface area contributed by atoms with Gasteiger partial charge >= 0.3 is 0 Å². The number of carbonyl (C=O) groups is 1. The molecule has 4 aromatic carbocycles. The van der Waals surface area contributed by atoms with Crippen molar-refractivity contribution < 1.29 is 14.3 Å². The van der Waals surface area contributed by atoms with Gasteiger partial charge in [-0.3, -0.25) is 4.79 Å². The number of fused-ring (bicyclic) bond motifs is 1. The number of nitrogens with one attached hydrogen (secondary N) is 1. The van der Waals surface area contributed by atoms with Crippen LogP contribution in [0.1, 0.15) is 18.1 Å². The highest BCUT2D eigenvalue weighted by molar-refractivity contribution is 14.1. The maximum atomic E-state index is 12.6. The molecule has 0 unspecified atom stereocenters. The maximum Gasteiger partial charge on any atom is 0.264 e. The summed E-state index contributed by atoms with van der Waals surface area (Å²) in [5.41, 5.74) is 2.81. The number of aliphatic imine (C=N–C) groups is 1. The fraction of sp³-hybridized carbons (Fsp3) is 0.103. The Morgan fingerprint density at radius 3 is 2.38 bits per heavy atom. The predicted molar refractivity (Wildman–Crippen MR) is 169 cm³/mol. The fourth-order valence-corrected chi connectivity index (χ4v) is 6.79. The Morgan fingerprint density at radius 1 is 0.919 bits per heavy atom. The van der Waals surface area contributed by atoms with Gasteiger partial charge in [-0.15, -0.1) is 0 Å². The molecule has 0 bridgehead atoms. The number of carbonyl (C=O) groups excluding carboxylic acids is 1. The molecule has 8 heteroatoms. The quantitative estimate of drug-likeness (QED) is 0.155. The highest BCUT2D eigenvalue weighted by Gasteiger charge is 2.24. The summed E-state index contributed by atoms with van der Waals surface area (Å²) < 4.78 is 13.7. The van der Waals surface area contributed by atoms with Crippen molar-refractivity contribution in [2.45, 2.75) is 13.5 Å². The molecule has 0 saturated carbocycles. The van der Waals surface area contributed by atoms with E-state index in [1.807, 2.05) is 61.5 Å². The molecule has 4 aromatic rings. The van der Waals surface area contributed by atoms with Crippen LogP contribution in [-0.2, 0) is 11.4 Å². The van der Waals surface area contributed by atoms with Crippen LogP contribution in [0, 0.1) is 7.14 Å². The van der Waals surface area contributed by atoms with Crippen LogP contribution in [0.5, 0.6) is 11.5 Å². The van der Waals surface area contributed by atoms with Gasteiger partial charge in [0.05, 0.1) is 24.3 Å². The second-order valence-electron chi connectivity index (χ2n) is 8.19. The summed E-state index contributed by atoms with van der Waals surface area (Å²) in [6.45, 7) is 3.05. The molecule has 1 fully saturated rings. The second kappa shape index (κ2) is 11.9. The zero-order chi connectivity index (χ0) is 25.8. The minimum atomic E-state index is -0.156. The molecule has 1 N–H and O–H groups in total. The highest BCUT2D eigenvalue weighted by Crippen LogP contribution is 2.33. The number of halogens is 2. The van der Waals surface area contributed by atoms with E-state index >= 15 is 0 Å². The van der Waals surface area contributed by atoms with Crippen LogP contribution in [0.15, 0.2) is 88.8 Å². The Labute approximate surface area is 247 Å². The summed E-state index contributed by atoms with van der Waals surface area (Å²) >= 11 is 5.91. The molecule has 1 aliphatic heterocycles. The average molecular weight is 732 g/mol. The molecular weight excluding hydrogens is 710 g/mol. The van der Waals surface area contributed by atoms with Crippen LogP contribution < -0.4 is 14.8 Å². The molecule has 1 aliphatic rings. The number of ether oxygens (including phenoxy) is 2. The Bertz CT molecular complexity index is 1510. The lowest BCUT2D eigenvalue weighted by atomic mass is 10.1. The van der Waals surface area contributed by atoms with E-state index in [9.17, 15) is 4.79 Å². The Hall–Kier alpha value is -2.57. The summed E-state index contributed by atoms with van der Waals surface area (Å²) in [4.78, 5) is 17.7. The summed E-state index contributed by atoms with van der Waals surface area (Å²) in [5.74, 6) is 1.48. The van der Waals surface area contributed by atoms with Gasteiger partial charge in [-0.05, 0) is 134 Å². The number of hydrogen-bond acceptors (Lipinski definition) is 5. The Balaban J connectivity index is 1.28. The lowest BCUT2D eigenvalue weighted by Gasteiger charge is -2.12. The smallest absolute Gasteiger partial charge is 0.264 e. The monoisotopic (exact) mass is 732 g/mol. The van der Waals surface area contributed by atoms with Gasteiger partial charge in [0.2, 0.25) is 0 Å². The molecule has 1 saturated heterocycles. The first kappa shape index (κ1) is 26.1. The molecule has 0 radical (unpaired) electrons. The van der Waals surface area contributed by atoms with Crippen molar-refractivity contribution in [3.63, 3.8) is 0 Å². The first-order valence-electron chi connectivity index (χ1n) is 11.6. The molecule has 0 atom stereocenters. The Kier molecular flexibility index (Phi) is 8.36. The molecule has 1 amide bonds. The van der Waals surface area contributed by atoms with Gasteiger partial charge in [-0.25, -0.2) is 4.99 Å². The van der Waals surface area contributed by atoms with E-state index in [0.717, 1.165) is 35.5 Å². The van der Waals surface area contributed by atoms with Crippen LogP contribution in [0.3, 0.4) is 0 Å². The standard InChI is InChI=1S/C29H22I2N2O3S/c1-2-35-23-11-9-22(10-12-23)32-29-33-28(34)26(37-29)16-19-14-24(30)27(25(31)15-19)36-17-18-7-8-20-5-3-4-6-21(20)13-18/h3-16H,2,17H2,1H3,(H,32,33,34)/b26-16+. The first-order chi connectivity index (χ1) is 18.0. The third kappa shape index (κ3) is 6.47. The molecular formula is C29H22I2N2O3S. The van der Waals surface area contributed by atoms with Gasteiger partial charge in [0.15, 0.2) is 5.17 Å². The fourth-order valence-electron chi connectivity index (χ4n) is 3.82. The van der Waals surface area contributed by atoms with E-state index in [4.69, 9.17) is 9.47 Å². The van der Waals surface area contributed by atoms with Crippen molar-refractivity contribution in [2.24, 2.45) is 4.99 Å². The largest absolute Gasteiger partial charge is 0.494 e. The van der Waals surface area contributed by atoms with E-state index in [-0.39, 0.29) is 5.91 Å². The number of hydrogen-bond donors (Lipinski definition) is 1. The molecule has 186 valence electrons. The molecule has 5 rings (SSSR count). The van der Waals surface area contributed by atoms with E-state index in [1.54, 1.807) is 0 Å². The SMILES string of the molecule is CCOc1ccc(N=C2NC(=O)/C(=C\c3cc(I)c(OCc4ccc5ccccc5c4)c(I)c3)S2)cc1. The Morgan fingerprint density at radius 2 is 1.65 bits per heavy atom. The first-order valence-corrected chi connectivity index (χ1v) is 14.6. The normalized spacial score (nSPS) is 15.4. The van der Waals surface area contributed by atoms with E-state index < -0.39 is 0 Å². The predicted octanol–water partition coefficient (Wildman–Crippen LogP) is 7.92. The summed E-state index contributed by atoms with van der Waals surface area (Å²) in [5, 5.41) is 5.82. The number of nitrogens with zero attached hydrogens (tertiary/aromatic N) is 1. The van der Waals surface area contributed by atoms with Crippen LogP contribution in [-0.4, -0.2) is 17.7 Å². The lowest BCUT2D eigenvalue weighted by molar-refractivity contribution is -0.115. The molecule has 5 nitrogen and oxygen atoms in total. The van der Waals surface area contributed by atoms with E-state index in [1.165, 1.54) is 22.5 Å². The summed E-state index contributed by atoms with van der Waals surface area (Å²) in [6, 6.07) is 26.2. The average Bonchev–Trinajstić information content (AvgIpc) is 3.22. The van der Waals surface area contributed by atoms with Gasteiger partial charge in [-0.1, -0.05) is 36.4 Å². The summed E-state index contributed by atoms with van der Waals surface area (Å²) in [7, 11) is 0. The van der Waals surface area contributed by atoms with Crippen LogP contribution in [0.25, 0.3) is 16.8 Å². The van der Waals surface area contributed by atoms with Crippen molar-refractivity contribution in [3.05, 3.63) is 102 Å². The maximum absolute atomic E-state index is 12.6. The van der Waals surface area contributed by atoms with E-state index in [2.05, 4.69) is 85.8 Å². The van der Waals surface area contributed by atoms with E-state index in [0.29, 0.717) is 23.3 Å². The van der Waals surface area contributed by atoms with Gasteiger partial charge in [0.1, 0.15) is 18.1 Å². The molecule has 37 heavy (non-hydrogen) atoms. The van der Waals surface area contributed by atoms with Crippen molar-refractivity contribution in [3.8, 4) is 11.5 Å². The third-order valence-corrected chi connectivity index (χ3v) is 8.06. The zero-order valence-electron chi connectivity index (χ0n) is 19.8. The van der Waals surface area contributed by atoms with Gasteiger partial charge in [0.25, 0.3) is 5.91 Å². The number of amides is 1. The molecule has 1 heterocycles. The van der Waals surface area contributed by atoms with Crippen LogP contribution in [0.2, 0.25) is 0 Å². The van der Waals surface area contributed by atoms with Crippen LogP contribution >= 0.6 is 56.9 Å². The second-order valence-corrected chi connectivity index (χ2v) is 11.5. The van der Waals surface area contributed by atoms with Gasteiger partial charge < -0.3 is 14.8 Å². The molecule has 0 aliphatic carbocycles. The van der Waals surface area contributed by atoms with Gasteiger partial charge in [0, 0.05) is 0 Å². The topological polar surface area (TPSA) is 59.9 Å². The third-order valence-electron chi connectivity index (χ3n) is 5.54. The highest BCUT2D eigenvalue weighted by atomic mass is 127. The zero-order valence-corrected chi connectivity index (χ0v) is 25.0. The van der Waals surface area contributed by atoms with Crippen molar-refractivity contribution in [1.29, 1.82) is 0 Å². The van der Waals surface area contributed by atoms with Crippen molar-refractivity contribution in [1.82, 2.24) is 5.32 Å².